The summed E-state index contributed by atoms with van der Waals surface area (Å²) in [7, 11) is 0. The number of anilines is 2. The maximum absolute atomic E-state index is 6.12. The van der Waals surface area contributed by atoms with Gasteiger partial charge in [0.25, 0.3) is 0 Å². The van der Waals surface area contributed by atoms with Gasteiger partial charge in [-0.3, -0.25) is 0 Å². The number of hydrogen-bond acceptors (Lipinski definition) is 6. The Morgan fingerprint density at radius 2 is 2.08 bits per heavy atom. The van der Waals surface area contributed by atoms with Crippen LogP contribution in [0.3, 0.4) is 0 Å². The summed E-state index contributed by atoms with van der Waals surface area (Å²) in [5.74, 6) is 1.61. The number of hydrogen-bond donors (Lipinski definition) is 2. The van der Waals surface area contributed by atoms with Gasteiger partial charge >= 0.3 is 0 Å². The van der Waals surface area contributed by atoms with E-state index in [1.54, 1.807) is 0 Å². The maximum atomic E-state index is 6.12. The molecule has 0 radical (unpaired) electrons. The molecule has 0 saturated carbocycles. The van der Waals surface area contributed by atoms with E-state index in [9.17, 15) is 0 Å². The Bertz CT molecular complexity index is 932. The van der Waals surface area contributed by atoms with E-state index in [1.165, 1.54) is 25.9 Å². The Kier molecular flexibility index (Phi) is 3.11. The number of aromatic nitrogens is 2. The average molecular weight is 344 g/mol. The van der Waals surface area contributed by atoms with Gasteiger partial charge in [0, 0.05) is 23.0 Å². The second-order valence-electron chi connectivity index (χ2n) is 6.74. The Labute approximate surface area is 144 Å². The van der Waals surface area contributed by atoms with Crippen LogP contribution in [0.15, 0.2) is 22.6 Å². The molecule has 1 atom stereocenters. The normalized spacial score (nSPS) is 26.3. The Morgan fingerprint density at radius 3 is 2.83 bits per heavy atom. The lowest BCUT2D eigenvalue weighted by molar-refractivity contribution is 0.0974. The van der Waals surface area contributed by atoms with Gasteiger partial charge in [-0.1, -0.05) is 11.6 Å². The minimum Gasteiger partial charge on any atom is -0.450 e. The van der Waals surface area contributed by atoms with Crippen molar-refractivity contribution in [3.05, 3.63) is 23.2 Å². The van der Waals surface area contributed by atoms with Crippen LogP contribution in [0.1, 0.15) is 12.8 Å². The number of furan rings is 1. The van der Waals surface area contributed by atoms with Gasteiger partial charge in [0.2, 0.25) is 5.95 Å². The highest BCUT2D eigenvalue weighted by atomic mass is 35.5. The number of nitrogens with one attached hydrogen (secondary N) is 1. The first-order valence-electron chi connectivity index (χ1n) is 8.31. The summed E-state index contributed by atoms with van der Waals surface area (Å²) in [4.78, 5) is 11.3. The third-order valence-corrected chi connectivity index (χ3v) is 5.50. The van der Waals surface area contributed by atoms with Crippen molar-refractivity contribution in [2.45, 2.75) is 18.9 Å². The van der Waals surface area contributed by atoms with E-state index in [1.807, 2.05) is 18.2 Å². The van der Waals surface area contributed by atoms with Crippen molar-refractivity contribution in [3.8, 4) is 0 Å². The lowest BCUT2D eigenvalue weighted by atomic mass is 9.84. The molecule has 6 rings (SSSR count). The third-order valence-electron chi connectivity index (χ3n) is 5.27. The van der Waals surface area contributed by atoms with Crippen LogP contribution >= 0.6 is 11.6 Å². The van der Waals surface area contributed by atoms with Crippen molar-refractivity contribution in [2.75, 3.05) is 30.7 Å². The fraction of sp³-hybridized carbons (Fsp3) is 0.412. The molecule has 3 aromatic rings. The van der Waals surface area contributed by atoms with Crippen molar-refractivity contribution in [1.29, 1.82) is 0 Å². The van der Waals surface area contributed by atoms with E-state index in [2.05, 4.69) is 20.2 Å². The monoisotopic (exact) mass is 343 g/mol. The first-order chi connectivity index (χ1) is 11.7. The van der Waals surface area contributed by atoms with Crippen molar-refractivity contribution < 1.29 is 4.42 Å². The second-order valence-corrected chi connectivity index (χ2v) is 7.18. The van der Waals surface area contributed by atoms with Crippen LogP contribution in [0, 0.1) is 5.92 Å². The van der Waals surface area contributed by atoms with Gasteiger partial charge in [-0.15, -0.1) is 0 Å². The molecule has 3 fully saturated rings. The molecule has 1 aromatic carbocycles. The summed E-state index contributed by atoms with van der Waals surface area (Å²) in [5, 5.41) is 5.08. The number of halogens is 1. The summed E-state index contributed by atoms with van der Waals surface area (Å²) >= 11 is 6.12. The fourth-order valence-electron chi connectivity index (χ4n) is 4.04. The van der Waals surface area contributed by atoms with E-state index >= 15 is 0 Å². The van der Waals surface area contributed by atoms with Gasteiger partial charge in [-0.25, -0.2) is 4.98 Å². The van der Waals surface area contributed by atoms with Gasteiger partial charge in [0.15, 0.2) is 11.4 Å². The molecule has 6 nitrogen and oxygen atoms in total. The molecule has 0 spiro atoms. The third kappa shape index (κ3) is 2.21. The molecule has 3 N–H and O–H groups in total. The van der Waals surface area contributed by atoms with E-state index < -0.39 is 0 Å². The summed E-state index contributed by atoms with van der Waals surface area (Å²) in [6.45, 7) is 3.45. The molecular formula is C17H18ClN5O. The lowest BCUT2D eigenvalue weighted by Gasteiger charge is -2.45. The van der Waals surface area contributed by atoms with Crippen LogP contribution in [0.4, 0.5) is 11.8 Å². The molecule has 1 unspecified atom stereocenters. The minimum absolute atomic E-state index is 0.244. The average Bonchev–Trinajstić information content (AvgIpc) is 2.94. The first-order valence-corrected chi connectivity index (χ1v) is 8.69. The molecule has 0 amide bonds. The topological polar surface area (TPSA) is 80.2 Å². The second kappa shape index (κ2) is 5.22. The van der Waals surface area contributed by atoms with Crippen molar-refractivity contribution in [3.63, 3.8) is 0 Å². The first kappa shape index (κ1) is 14.3. The summed E-state index contributed by atoms with van der Waals surface area (Å²) in [6.07, 6.45) is 2.47. The zero-order valence-electron chi connectivity index (χ0n) is 13.1. The number of nitrogen functional groups attached to an aromatic ring is 1. The molecule has 124 valence electrons. The smallest absolute Gasteiger partial charge is 0.222 e. The zero-order valence-corrected chi connectivity index (χ0v) is 13.9. The van der Waals surface area contributed by atoms with Crippen molar-refractivity contribution in [1.82, 2.24) is 14.9 Å². The van der Waals surface area contributed by atoms with Gasteiger partial charge in [0.1, 0.15) is 11.1 Å². The quantitative estimate of drug-likeness (QED) is 0.744. The van der Waals surface area contributed by atoms with Gasteiger partial charge in [-0.2, -0.15) is 4.98 Å². The van der Waals surface area contributed by atoms with Crippen molar-refractivity contribution in [2.24, 2.45) is 5.92 Å². The number of rotatable bonds is 2. The molecule has 2 bridgehead atoms. The molecule has 24 heavy (non-hydrogen) atoms. The standard InChI is InChI=1S/C17H18ClN5O/c18-10-1-2-13-11(7-10)14-15(24-13)16(22-17(19)21-14)20-12-8-23-5-3-9(12)4-6-23/h1-2,7,9,12H,3-6,8H2,(H3,19,20,21,22). The Morgan fingerprint density at radius 1 is 1.25 bits per heavy atom. The van der Waals surface area contributed by atoms with Crippen LogP contribution in [-0.4, -0.2) is 40.5 Å². The van der Waals surface area contributed by atoms with Crippen LogP contribution in [0.25, 0.3) is 22.1 Å². The fourth-order valence-corrected chi connectivity index (χ4v) is 4.21. The molecule has 2 aromatic heterocycles. The number of nitrogens with two attached hydrogens (primary N) is 1. The highest BCUT2D eigenvalue weighted by Gasteiger charge is 2.34. The van der Waals surface area contributed by atoms with E-state index in [0.29, 0.717) is 33.9 Å². The lowest BCUT2D eigenvalue weighted by Crippen LogP contribution is -2.53. The molecule has 3 aliphatic heterocycles. The predicted molar refractivity (Wildman–Crippen MR) is 95.3 cm³/mol. The zero-order chi connectivity index (χ0) is 16.3. The van der Waals surface area contributed by atoms with Crippen LogP contribution in [0.5, 0.6) is 0 Å². The number of benzene rings is 1. The molecule has 5 heterocycles. The highest BCUT2D eigenvalue weighted by Crippen LogP contribution is 2.35. The van der Waals surface area contributed by atoms with Crippen LogP contribution in [0.2, 0.25) is 5.02 Å². The van der Waals surface area contributed by atoms with Crippen molar-refractivity contribution >= 4 is 45.4 Å². The molecule has 7 heteroatoms. The largest absolute Gasteiger partial charge is 0.450 e. The predicted octanol–water partition coefficient (Wildman–Crippen LogP) is 3.12. The van der Waals surface area contributed by atoms with Gasteiger partial charge in [0.05, 0.1) is 0 Å². The van der Waals surface area contributed by atoms with E-state index in [0.717, 1.165) is 17.5 Å². The van der Waals surface area contributed by atoms with E-state index in [-0.39, 0.29) is 5.95 Å². The molecule has 3 aliphatic rings. The molecular weight excluding hydrogens is 326 g/mol. The SMILES string of the molecule is Nc1nc(NC2CN3CCC2CC3)c2oc3ccc(Cl)cc3c2n1. The minimum atomic E-state index is 0.244. The van der Waals surface area contributed by atoms with Crippen LogP contribution < -0.4 is 11.1 Å². The summed E-state index contributed by atoms with van der Waals surface area (Å²) in [6, 6.07) is 5.89. The number of nitrogens with zero attached hydrogens (tertiary/aromatic N) is 3. The van der Waals surface area contributed by atoms with Gasteiger partial charge in [-0.05, 0) is 50.0 Å². The van der Waals surface area contributed by atoms with E-state index in [4.69, 9.17) is 21.8 Å². The van der Waals surface area contributed by atoms with Gasteiger partial charge < -0.3 is 20.4 Å². The molecule has 0 aliphatic carbocycles. The Hall–Kier alpha value is -2.05. The number of piperidine rings is 3. The number of fused-ring (bicyclic) bond motifs is 6. The molecule has 3 saturated heterocycles. The maximum Gasteiger partial charge on any atom is 0.222 e. The summed E-state index contributed by atoms with van der Waals surface area (Å²) < 4.78 is 6.00. The summed E-state index contributed by atoms with van der Waals surface area (Å²) in [5.41, 5.74) is 8.05. The Balaban J connectivity index is 1.61. The highest BCUT2D eigenvalue weighted by molar-refractivity contribution is 6.31. The van der Waals surface area contributed by atoms with Crippen LogP contribution in [-0.2, 0) is 0 Å².